The van der Waals surface area contributed by atoms with Gasteiger partial charge in [0.2, 0.25) is 0 Å². The normalized spacial score (nSPS) is 21.3. The van der Waals surface area contributed by atoms with Crippen molar-refractivity contribution in [1.82, 2.24) is 0 Å². The van der Waals surface area contributed by atoms with Gasteiger partial charge in [-0.15, -0.1) is 0 Å². The summed E-state index contributed by atoms with van der Waals surface area (Å²) in [7, 11) is -3.87. The second-order valence-corrected chi connectivity index (χ2v) is 10.8. The van der Waals surface area contributed by atoms with Gasteiger partial charge in [-0.25, -0.2) is 0 Å². The molecule has 3 aromatic rings. The Morgan fingerprint density at radius 2 is 1.00 bits per heavy atom. The van der Waals surface area contributed by atoms with E-state index in [2.05, 4.69) is 0 Å². The number of hydrogen-bond acceptors (Lipinski definition) is 3. The van der Waals surface area contributed by atoms with Gasteiger partial charge in [0, 0.05) is 0 Å². The zero-order valence-electron chi connectivity index (χ0n) is 14.8. The summed E-state index contributed by atoms with van der Waals surface area (Å²) in [6.45, 7) is 3.55. The number of hydrogen-bond donors (Lipinski definition) is 0. The van der Waals surface area contributed by atoms with Gasteiger partial charge in [-0.3, -0.25) is 0 Å². The molecule has 0 bridgehead atoms. The van der Waals surface area contributed by atoms with E-state index >= 15 is 0 Å². The predicted molar refractivity (Wildman–Crippen MR) is 106 cm³/mol. The zero-order chi connectivity index (χ0) is 18.3. The molecule has 3 aromatic carbocycles. The summed E-state index contributed by atoms with van der Waals surface area (Å²) in [5.41, 5.74) is -1.04. The number of carbonyl (C=O) groups excluding carboxylic acids is 1. The van der Waals surface area contributed by atoms with Crippen molar-refractivity contribution in [3.63, 3.8) is 0 Å². The van der Waals surface area contributed by atoms with Crippen molar-refractivity contribution in [3.8, 4) is 0 Å². The third kappa shape index (κ3) is 2.18. The van der Waals surface area contributed by atoms with Gasteiger partial charge in [0.25, 0.3) is 0 Å². The maximum absolute atomic E-state index is 12.9. The summed E-state index contributed by atoms with van der Waals surface area (Å²) < 4.78 is 13.1. The zero-order valence-corrected chi connectivity index (χ0v) is 15.7. The van der Waals surface area contributed by atoms with Crippen molar-refractivity contribution in [2.24, 2.45) is 0 Å². The Balaban J connectivity index is 2.18. The molecule has 1 aliphatic heterocycles. The van der Waals surface area contributed by atoms with Crippen molar-refractivity contribution in [3.05, 3.63) is 91.0 Å². The quantitative estimate of drug-likeness (QED) is 0.665. The first-order valence-electron chi connectivity index (χ1n) is 8.63. The summed E-state index contributed by atoms with van der Waals surface area (Å²) in [4.78, 5) is 12.9. The van der Waals surface area contributed by atoms with E-state index in [9.17, 15) is 4.79 Å². The number of benzene rings is 3. The van der Waals surface area contributed by atoms with Crippen LogP contribution in [0.25, 0.3) is 0 Å². The topological polar surface area (TPSA) is 35.5 Å². The molecule has 1 aliphatic rings. The fourth-order valence-electron chi connectivity index (χ4n) is 3.62. The summed E-state index contributed by atoms with van der Waals surface area (Å²) in [6, 6.07) is 29.6. The molecule has 0 saturated carbocycles. The van der Waals surface area contributed by atoms with E-state index in [0.29, 0.717) is 0 Å². The molecule has 1 saturated heterocycles. The third-order valence-corrected chi connectivity index (χ3v) is 9.85. The molecule has 1 heterocycles. The second kappa shape index (κ2) is 5.77. The van der Waals surface area contributed by atoms with Crippen molar-refractivity contribution in [1.29, 1.82) is 0 Å². The first kappa shape index (κ1) is 17.0. The Kier molecular flexibility index (Phi) is 3.76. The van der Waals surface area contributed by atoms with Crippen LogP contribution in [0.2, 0.25) is 0 Å². The first-order valence-corrected chi connectivity index (χ1v) is 10.7. The average Bonchev–Trinajstić information content (AvgIpc) is 2.92. The molecule has 0 radical (unpaired) electrons. The Morgan fingerprint density at radius 1 is 0.654 bits per heavy atom. The predicted octanol–water partition coefficient (Wildman–Crippen LogP) is 3.70. The maximum atomic E-state index is 12.9. The summed E-state index contributed by atoms with van der Waals surface area (Å²) in [6.07, 6.45) is 0. The molecule has 0 atom stereocenters. The second-order valence-electron chi connectivity index (χ2n) is 6.94. The van der Waals surface area contributed by atoms with Gasteiger partial charge in [0.05, 0.1) is 0 Å². The number of carbonyl (C=O) groups is 1. The van der Waals surface area contributed by atoms with Crippen LogP contribution in [0.3, 0.4) is 0 Å². The Hall–Kier alpha value is -2.48. The van der Waals surface area contributed by atoms with E-state index in [-0.39, 0.29) is 5.97 Å². The van der Waals surface area contributed by atoms with Crippen LogP contribution in [0, 0.1) is 0 Å². The van der Waals surface area contributed by atoms with Crippen molar-refractivity contribution in [2.75, 3.05) is 0 Å². The van der Waals surface area contributed by atoms with E-state index in [1.165, 1.54) is 0 Å². The fraction of sp³-hybridized carbons (Fsp3) is 0.136. The van der Waals surface area contributed by atoms with Gasteiger partial charge in [-0.05, 0) is 0 Å². The molecule has 0 N–H and O–H groups in total. The molecule has 4 heteroatoms. The molecule has 132 valence electrons. The van der Waals surface area contributed by atoms with Gasteiger partial charge >= 0.3 is 153 Å². The SMILES string of the molecule is CC1(C)OP(c2ccccc2)(c2ccccc2)(c2ccccc2)OC1=O. The molecule has 3 nitrogen and oxygen atoms in total. The number of rotatable bonds is 3. The first-order chi connectivity index (χ1) is 12.5. The summed E-state index contributed by atoms with van der Waals surface area (Å²) >= 11 is 0. The molecule has 0 amide bonds. The van der Waals surface area contributed by atoms with Crippen molar-refractivity contribution >= 4 is 28.9 Å². The van der Waals surface area contributed by atoms with Crippen molar-refractivity contribution in [2.45, 2.75) is 19.4 Å². The monoisotopic (exact) mass is 364 g/mol. The fourth-order valence-corrected chi connectivity index (χ4v) is 8.81. The van der Waals surface area contributed by atoms with Gasteiger partial charge in [-0.2, -0.15) is 0 Å². The molecular weight excluding hydrogens is 343 g/mol. The van der Waals surface area contributed by atoms with Crippen LogP contribution in [-0.2, 0) is 13.8 Å². The Morgan fingerprint density at radius 3 is 1.27 bits per heavy atom. The van der Waals surface area contributed by atoms with Gasteiger partial charge in [0.15, 0.2) is 0 Å². The van der Waals surface area contributed by atoms with Crippen LogP contribution < -0.4 is 15.9 Å². The molecule has 0 spiro atoms. The van der Waals surface area contributed by atoms with Crippen LogP contribution in [-0.4, -0.2) is 11.6 Å². The molecule has 0 aromatic heterocycles. The molecule has 0 aliphatic carbocycles. The molecule has 4 rings (SSSR count). The third-order valence-electron chi connectivity index (χ3n) is 4.83. The van der Waals surface area contributed by atoms with Crippen LogP contribution in [0.1, 0.15) is 13.8 Å². The van der Waals surface area contributed by atoms with Gasteiger partial charge in [-0.1, -0.05) is 0 Å². The van der Waals surface area contributed by atoms with E-state index < -0.39 is 12.7 Å². The van der Waals surface area contributed by atoms with E-state index in [1.54, 1.807) is 13.8 Å². The summed E-state index contributed by atoms with van der Waals surface area (Å²) in [5.74, 6) is -0.341. The average molecular weight is 364 g/mol. The van der Waals surface area contributed by atoms with Crippen molar-refractivity contribution < 1.29 is 13.8 Å². The molecule has 26 heavy (non-hydrogen) atoms. The van der Waals surface area contributed by atoms with Gasteiger partial charge < -0.3 is 0 Å². The van der Waals surface area contributed by atoms with Crippen LogP contribution in [0.5, 0.6) is 0 Å². The molecule has 1 fully saturated rings. The van der Waals surface area contributed by atoms with E-state index in [0.717, 1.165) is 15.9 Å². The van der Waals surface area contributed by atoms with Crippen LogP contribution in [0.4, 0.5) is 0 Å². The molecular formula is C22H21O3P. The Labute approximate surface area is 153 Å². The Bertz CT molecular complexity index is 837. The molecule has 0 unspecified atom stereocenters. The summed E-state index contributed by atoms with van der Waals surface area (Å²) in [5, 5.41) is 2.65. The van der Waals surface area contributed by atoms with Gasteiger partial charge in [0.1, 0.15) is 0 Å². The minimum absolute atomic E-state index is 0.341. The standard InChI is InChI=1S/C22H21O3P/c1-22(2)21(23)24-26(25-22,18-12-6-3-7-13-18,19-14-8-4-9-15-19)20-16-10-5-11-17-20/h3-17H,1-2H3. The van der Waals surface area contributed by atoms with Crippen LogP contribution in [0.15, 0.2) is 91.0 Å². The van der Waals surface area contributed by atoms with E-state index in [4.69, 9.17) is 9.05 Å². The minimum atomic E-state index is -3.87. The van der Waals surface area contributed by atoms with Crippen LogP contribution >= 0.6 is 7.06 Å². The van der Waals surface area contributed by atoms with E-state index in [1.807, 2.05) is 91.0 Å².